The lowest BCUT2D eigenvalue weighted by Crippen LogP contribution is -2.63. The van der Waals surface area contributed by atoms with Crippen LogP contribution in [0.1, 0.15) is 24.1 Å². The largest absolute Gasteiger partial charge is 0.339 e. The van der Waals surface area contributed by atoms with E-state index in [4.69, 9.17) is 0 Å². The van der Waals surface area contributed by atoms with E-state index in [1.54, 1.807) is 17.4 Å². The summed E-state index contributed by atoms with van der Waals surface area (Å²) in [5, 5.41) is 5.05. The van der Waals surface area contributed by atoms with Crippen molar-refractivity contribution in [3.8, 4) is 0 Å². The Morgan fingerprint density at radius 3 is 2.96 bits per heavy atom. The molecule has 26 heavy (non-hydrogen) atoms. The first-order chi connectivity index (χ1) is 12.5. The van der Waals surface area contributed by atoms with Gasteiger partial charge in [0, 0.05) is 49.6 Å². The van der Waals surface area contributed by atoms with Gasteiger partial charge in [0.25, 0.3) is 0 Å². The third-order valence-corrected chi connectivity index (χ3v) is 6.51. The number of carbonyl (C=O) groups excluding carboxylic acids is 2. The number of likely N-dealkylation sites (N-methyl/N-ethyl adjacent to an activating group) is 1. The number of amides is 3. The third kappa shape index (κ3) is 4.10. The van der Waals surface area contributed by atoms with Gasteiger partial charge < -0.3 is 15.1 Å². The van der Waals surface area contributed by atoms with Gasteiger partial charge in [0.2, 0.25) is 5.91 Å². The molecule has 0 aromatic carbocycles. The summed E-state index contributed by atoms with van der Waals surface area (Å²) in [6, 6.07) is 4.01. The molecule has 0 bridgehead atoms. The first-order valence-electron chi connectivity index (χ1n) is 9.19. The van der Waals surface area contributed by atoms with Gasteiger partial charge in [-0.15, -0.1) is 17.9 Å². The van der Waals surface area contributed by atoms with E-state index in [2.05, 4.69) is 23.8 Å². The molecule has 7 heteroatoms. The van der Waals surface area contributed by atoms with Crippen molar-refractivity contribution in [3.05, 3.63) is 35.0 Å². The zero-order chi connectivity index (χ0) is 18.6. The highest BCUT2D eigenvalue weighted by atomic mass is 32.1. The highest BCUT2D eigenvalue weighted by molar-refractivity contribution is 7.09. The van der Waals surface area contributed by atoms with E-state index in [0.717, 1.165) is 37.4 Å². The van der Waals surface area contributed by atoms with Gasteiger partial charge in [-0.2, -0.15) is 0 Å². The second-order valence-electron chi connectivity index (χ2n) is 7.18. The second-order valence-corrected chi connectivity index (χ2v) is 8.22. The Morgan fingerprint density at radius 1 is 1.38 bits per heavy atom. The fourth-order valence-electron chi connectivity index (χ4n) is 3.90. The maximum atomic E-state index is 12.7. The summed E-state index contributed by atoms with van der Waals surface area (Å²) in [5.41, 5.74) is -0.121. The normalized spacial score (nSPS) is 24.6. The van der Waals surface area contributed by atoms with Crippen LogP contribution in [0.5, 0.6) is 0 Å². The molecule has 3 amide bonds. The Hall–Kier alpha value is -1.86. The maximum absolute atomic E-state index is 12.7. The van der Waals surface area contributed by atoms with E-state index >= 15 is 0 Å². The summed E-state index contributed by atoms with van der Waals surface area (Å²) in [6.45, 7) is 7.88. The number of likely N-dealkylation sites (tertiary alicyclic amines) is 1. The molecule has 2 aliphatic heterocycles. The molecule has 0 unspecified atom stereocenters. The molecule has 2 aliphatic rings. The van der Waals surface area contributed by atoms with Gasteiger partial charge in [0.15, 0.2) is 0 Å². The van der Waals surface area contributed by atoms with Crippen LogP contribution in [-0.4, -0.2) is 71.9 Å². The number of urea groups is 1. The summed E-state index contributed by atoms with van der Waals surface area (Å²) in [5.74, 6) is 0.189. The summed E-state index contributed by atoms with van der Waals surface area (Å²) >= 11 is 1.65. The van der Waals surface area contributed by atoms with Crippen molar-refractivity contribution < 1.29 is 9.59 Å². The van der Waals surface area contributed by atoms with Crippen molar-refractivity contribution in [2.45, 2.75) is 31.3 Å². The molecule has 1 atom stereocenters. The molecular weight excluding hydrogens is 348 g/mol. The lowest BCUT2D eigenvalue weighted by Gasteiger charge is -2.49. The zero-order valence-electron chi connectivity index (χ0n) is 15.4. The van der Waals surface area contributed by atoms with Gasteiger partial charge in [-0.25, -0.2) is 4.79 Å². The molecule has 142 valence electrons. The van der Waals surface area contributed by atoms with Gasteiger partial charge in [-0.05, 0) is 31.3 Å². The Morgan fingerprint density at radius 2 is 2.23 bits per heavy atom. The summed E-state index contributed by atoms with van der Waals surface area (Å²) in [6.07, 6.45) is 4.00. The number of nitrogens with zero attached hydrogens (tertiary/aromatic N) is 3. The molecule has 3 rings (SSSR count). The van der Waals surface area contributed by atoms with Gasteiger partial charge >= 0.3 is 6.03 Å². The van der Waals surface area contributed by atoms with Crippen LogP contribution in [0.4, 0.5) is 4.79 Å². The average Bonchev–Trinajstić information content (AvgIpc) is 3.11. The van der Waals surface area contributed by atoms with Gasteiger partial charge in [-0.1, -0.05) is 12.1 Å². The Balaban J connectivity index is 1.64. The van der Waals surface area contributed by atoms with E-state index in [1.807, 2.05) is 27.3 Å². The van der Waals surface area contributed by atoms with E-state index < -0.39 is 0 Å². The fraction of sp³-hybridized carbons (Fsp3) is 0.579. The number of rotatable bonds is 4. The SMILES string of the molecule is C=CCN1CC[C@@]2(CCC1=O)CN(C(=O)NCc1cccs1)CCN2C. The van der Waals surface area contributed by atoms with E-state index in [9.17, 15) is 9.59 Å². The lowest BCUT2D eigenvalue weighted by atomic mass is 9.86. The molecule has 1 spiro atoms. The molecule has 0 saturated carbocycles. The number of piperazine rings is 1. The molecule has 0 aliphatic carbocycles. The lowest BCUT2D eigenvalue weighted by molar-refractivity contribution is -0.130. The Bertz CT molecular complexity index is 648. The predicted molar refractivity (Wildman–Crippen MR) is 104 cm³/mol. The van der Waals surface area contributed by atoms with E-state index in [1.165, 1.54) is 0 Å². The summed E-state index contributed by atoms with van der Waals surface area (Å²) in [4.78, 5) is 32.3. The second kappa shape index (κ2) is 8.22. The molecule has 3 heterocycles. The quantitative estimate of drug-likeness (QED) is 0.819. The van der Waals surface area contributed by atoms with Crippen LogP contribution in [0.3, 0.4) is 0 Å². The summed E-state index contributed by atoms with van der Waals surface area (Å²) < 4.78 is 0. The highest BCUT2D eigenvalue weighted by Gasteiger charge is 2.43. The highest BCUT2D eigenvalue weighted by Crippen LogP contribution is 2.32. The fourth-order valence-corrected chi connectivity index (χ4v) is 4.55. The minimum Gasteiger partial charge on any atom is -0.339 e. The van der Waals surface area contributed by atoms with Gasteiger partial charge in [-0.3, -0.25) is 9.69 Å². The Kier molecular flexibility index (Phi) is 5.98. The van der Waals surface area contributed by atoms with Crippen molar-refractivity contribution in [1.82, 2.24) is 20.0 Å². The predicted octanol–water partition coefficient (Wildman–Crippen LogP) is 2.14. The minimum atomic E-state index is -0.121. The van der Waals surface area contributed by atoms with Crippen LogP contribution in [0.2, 0.25) is 0 Å². The number of hydrogen-bond donors (Lipinski definition) is 1. The molecule has 1 aromatic heterocycles. The molecule has 1 aromatic rings. The third-order valence-electron chi connectivity index (χ3n) is 5.63. The van der Waals surface area contributed by atoms with Crippen molar-refractivity contribution >= 4 is 23.3 Å². The van der Waals surface area contributed by atoms with Crippen LogP contribution in [0.25, 0.3) is 0 Å². The molecule has 0 radical (unpaired) electrons. The van der Waals surface area contributed by atoms with Gasteiger partial charge in [0.1, 0.15) is 0 Å². The molecule has 1 N–H and O–H groups in total. The standard InChI is InChI=1S/C19H28N4O2S/c1-3-9-22-10-8-19(7-6-17(22)24)15-23(12-11-21(19)2)18(25)20-14-16-5-4-13-26-16/h3-5,13H,1,6-12,14-15H2,2H3,(H,20,25)/t19-/m0/s1. The minimum absolute atomic E-state index is 0.00982. The maximum Gasteiger partial charge on any atom is 0.317 e. The van der Waals surface area contributed by atoms with Crippen LogP contribution in [0, 0.1) is 0 Å². The topological polar surface area (TPSA) is 55.9 Å². The van der Waals surface area contributed by atoms with E-state index in [-0.39, 0.29) is 17.5 Å². The first-order valence-corrected chi connectivity index (χ1v) is 10.1. The van der Waals surface area contributed by atoms with Crippen molar-refractivity contribution in [3.63, 3.8) is 0 Å². The average molecular weight is 377 g/mol. The molecule has 6 nitrogen and oxygen atoms in total. The molecule has 2 saturated heterocycles. The Labute approximate surface area is 159 Å². The van der Waals surface area contributed by atoms with Crippen LogP contribution < -0.4 is 5.32 Å². The molecule has 2 fully saturated rings. The van der Waals surface area contributed by atoms with Crippen LogP contribution >= 0.6 is 11.3 Å². The van der Waals surface area contributed by atoms with Crippen molar-refractivity contribution in [2.24, 2.45) is 0 Å². The van der Waals surface area contributed by atoms with Crippen LogP contribution in [0.15, 0.2) is 30.2 Å². The first kappa shape index (κ1) is 18.9. The number of carbonyl (C=O) groups is 2. The molecular formula is C19H28N4O2S. The smallest absolute Gasteiger partial charge is 0.317 e. The van der Waals surface area contributed by atoms with Crippen molar-refractivity contribution in [2.75, 3.05) is 39.8 Å². The van der Waals surface area contributed by atoms with Crippen LogP contribution in [-0.2, 0) is 11.3 Å². The van der Waals surface area contributed by atoms with Crippen molar-refractivity contribution in [1.29, 1.82) is 0 Å². The zero-order valence-corrected chi connectivity index (χ0v) is 16.3. The van der Waals surface area contributed by atoms with Gasteiger partial charge in [0.05, 0.1) is 6.54 Å². The van der Waals surface area contributed by atoms with E-state index in [0.29, 0.717) is 26.1 Å². The monoisotopic (exact) mass is 376 g/mol. The number of thiophene rings is 1. The number of nitrogens with one attached hydrogen (secondary N) is 1. The number of hydrogen-bond acceptors (Lipinski definition) is 4. The summed E-state index contributed by atoms with van der Waals surface area (Å²) in [7, 11) is 2.12.